The first-order valence-corrected chi connectivity index (χ1v) is 7.11. The monoisotopic (exact) mass is 240 g/mol. The molecule has 0 radical (unpaired) electrons. The van der Waals surface area contributed by atoms with E-state index >= 15 is 0 Å². The number of hydrogen-bond donors (Lipinski definition) is 1. The number of thiazole rings is 1. The molecule has 1 aromatic heterocycles. The van der Waals surface area contributed by atoms with E-state index in [0.29, 0.717) is 0 Å². The molecule has 0 spiro atoms. The maximum Gasteiger partial charge on any atom is 0.0931 e. The van der Waals surface area contributed by atoms with Gasteiger partial charge in [0.25, 0.3) is 0 Å². The summed E-state index contributed by atoms with van der Waals surface area (Å²) < 4.78 is 0. The normalized spacial score (nSPS) is 11.3. The Morgan fingerprint density at radius 3 is 2.62 bits per heavy atom. The second-order valence-electron chi connectivity index (χ2n) is 4.69. The minimum Gasteiger partial charge on any atom is -0.315 e. The number of aryl methyl sites for hydroxylation is 2. The van der Waals surface area contributed by atoms with E-state index in [4.69, 9.17) is 4.98 Å². The summed E-state index contributed by atoms with van der Waals surface area (Å²) in [4.78, 5) is 6.20. The van der Waals surface area contributed by atoms with Crippen molar-refractivity contribution in [1.29, 1.82) is 0 Å². The SMILES string of the molecule is CCCc1nc(CCC(C)C)sc1CNC. The highest BCUT2D eigenvalue weighted by atomic mass is 32.1. The zero-order valence-corrected chi connectivity index (χ0v) is 11.8. The Labute approximate surface area is 103 Å². The van der Waals surface area contributed by atoms with Crippen molar-refractivity contribution in [2.45, 2.75) is 53.0 Å². The predicted octanol–water partition coefficient (Wildman–Crippen LogP) is 3.40. The standard InChI is InChI=1S/C13H24N2S/c1-5-6-11-12(9-14-4)16-13(15-11)8-7-10(2)3/h10,14H,5-9H2,1-4H3. The number of nitrogens with zero attached hydrogens (tertiary/aromatic N) is 1. The Kier molecular flexibility index (Phi) is 5.99. The molecular formula is C13H24N2S. The summed E-state index contributed by atoms with van der Waals surface area (Å²) in [6, 6.07) is 0. The highest BCUT2D eigenvalue weighted by molar-refractivity contribution is 7.11. The molecule has 1 N–H and O–H groups in total. The van der Waals surface area contributed by atoms with Gasteiger partial charge >= 0.3 is 0 Å². The summed E-state index contributed by atoms with van der Waals surface area (Å²) in [5.41, 5.74) is 1.32. The van der Waals surface area contributed by atoms with Crippen molar-refractivity contribution < 1.29 is 0 Å². The van der Waals surface area contributed by atoms with Gasteiger partial charge in [0, 0.05) is 11.4 Å². The van der Waals surface area contributed by atoms with Crippen LogP contribution in [0.2, 0.25) is 0 Å². The quantitative estimate of drug-likeness (QED) is 0.790. The fourth-order valence-corrected chi connectivity index (χ4v) is 2.83. The molecule has 1 rings (SSSR count). The molecule has 1 aromatic rings. The lowest BCUT2D eigenvalue weighted by atomic mass is 10.1. The Morgan fingerprint density at radius 1 is 1.31 bits per heavy atom. The van der Waals surface area contributed by atoms with Crippen LogP contribution >= 0.6 is 11.3 Å². The van der Waals surface area contributed by atoms with Gasteiger partial charge in [-0.05, 0) is 32.2 Å². The molecule has 92 valence electrons. The topological polar surface area (TPSA) is 24.9 Å². The highest BCUT2D eigenvalue weighted by Crippen LogP contribution is 2.22. The summed E-state index contributed by atoms with van der Waals surface area (Å²) in [5, 5.41) is 4.55. The van der Waals surface area contributed by atoms with E-state index < -0.39 is 0 Å². The zero-order chi connectivity index (χ0) is 12.0. The summed E-state index contributed by atoms with van der Waals surface area (Å²) in [6.45, 7) is 7.73. The second-order valence-corrected chi connectivity index (χ2v) is 5.86. The number of rotatable bonds is 7. The molecule has 0 aliphatic rings. The highest BCUT2D eigenvalue weighted by Gasteiger charge is 2.10. The van der Waals surface area contributed by atoms with Gasteiger partial charge in [-0.3, -0.25) is 0 Å². The van der Waals surface area contributed by atoms with Crippen LogP contribution in [0.5, 0.6) is 0 Å². The third-order valence-electron chi connectivity index (χ3n) is 2.58. The van der Waals surface area contributed by atoms with E-state index in [1.165, 1.54) is 28.4 Å². The van der Waals surface area contributed by atoms with Gasteiger partial charge in [0.15, 0.2) is 0 Å². The summed E-state index contributed by atoms with van der Waals surface area (Å²) >= 11 is 1.89. The van der Waals surface area contributed by atoms with E-state index in [-0.39, 0.29) is 0 Å². The van der Waals surface area contributed by atoms with Crippen LogP contribution < -0.4 is 5.32 Å². The second kappa shape index (κ2) is 7.02. The van der Waals surface area contributed by atoms with Crippen LogP contribution in [0.25, 0.3) is 0 Å². The Balaban J connectivity index is 2.67. The van der Waals surface area contributed by atoms with Crippen LogP contribution in [0, 0.1) is 5.92 Å². The minimum atomic E-state index is 0.770. The van der Waals surface area contributed by atoms with Gasteiger partial charge in [-0.25, -0.2) is 4.98 Å². The number of aromatic nitrogens is 1. The van der Waals surface area contributed by atoms with Crippen LogP contribution in [0.15, 0.2) is 0 Å². The molecule has 0 aliphatic carbocycles. The van der Waals surface area contributed by atoms with E-state index in [1.54, 1.807) is 0 Å². The van der Waals surface area contributed by atoms with Gasteiger partial charge in [-0.1, -0.05) is 27.2 Å². The summed E-state index contributed by atoms with van der Waals surface area (Å²) in [5.74, 6) is 0.770. The van der Waals surface area contributed by atoms with Crippen molar-refractivity contribution in [1.82, 2.24) is 10.3 Å². The van der Waals surface area contributed by atoms with Crippen LogP contribution in [-0.2, 0) is 19.4 Å². The Bertz CT molecular complexity index is 281. The fourth-order valence-electron chi connectivity index (χ4n) is 1.69. The third-order valence-corrected chi connectivity index (χ3v) is 3.74. The van der Waals surface area contributed by atoms with E-state index in [1.807, 2.05) is 18.4 Å². The van der Waals surface area contributed by atoms with E-state index in [0.717, 1.165) is 25.3 Å². The summed E-state index contributed by atoms with van der Waals surface area (Å²) in [6.07, 6.45) is 4.69. The number of nitrogens with one attached hydrogen (secondary N) is 1. The molecule has 0 aliphatic heterocycles. The molecule has 16 heavy (non-hydrogen) atoms. The van der Waals surface area contributed by atoms with Crippen molar-refractivity contribution in [3.8, 4) is 0 Å². The van der Waals surface area contributed by atoms with Crippen LogP contribution in [-0.4, -0.2) is 12.0 Å². The largest absolute Gasteiger partial charge is 0.315 e. The smallest absolute Gasteiger partial charge is 0.0931 e. The maximum atomic E-state index is 4.77. The molecule has 3 heteroatoms. The lowest BCUT2D eigenvalue weighted by Crippen LogP contribution is -2.05. The van der Waals surface area contributed by atoms with Gasteiger partial charge < -0.3 is 5.32 Å². The molecule has 0 atom stereocenters. The lowest BCUT2D eigenvalue weighted by molar-refractivity contribution is 0.585. The average Bonchev–Trinajstić information content (AvgIpc) is 2.59. The molecular weight excluding hydrogens is 216 g/mol. The summed E-state index contributed by atoms with van der Waals surface area (Å²) in [7, 11) is 2.00. The molecule has 0 saturated heterocycles. The molecule has 2 nitrogen and oxygen atoms in total. The minimum absolute atomic E-state index is 0.770. The van der Waals surface area contributed by atoms with Gasteiger partial charge in [-0.2, -0.15) is 0 Å². The number of hydrogen-bond acceptors (Lipinski definition) is 3. The first kappa shape index (κ1) is 13.7. The molecule has 0 bridgehead atoms. The molecule has 0 saturated carbocycles. The average molecular weight is 240 g/mol. The zero-order valence-electron chi connectivity index (χ0n) is 11.0. The van der Waals surface area contributed by atoms with Crippen LogP contribution in [0.3, 0.4) is 0 Å². The van der Waals surface area contributed by atoms with E-state index in [9.17, 15) is 0 Å². The van der Waals surface area contributed by atoms with Crippen LogP contribution in [0.1, 0.15) is 49.2 Å². The fraction of sp³-hybridized carbons (Fsp3) is 0.769. The first-order chi connectivity index (χ1) is 7.67. The molecule has 0 unspecified atom stereocenters. The Morgan fingerprint density at radius 2 is 2.06 bits per heavy atom. The van der Waals surface area contributed by atoms with Crippen LogP contribution in [0.4, 0.5) is 0 Å². The molecule has 0 aromatic carbocycles. The molecule has 1 heterocycles. The van der Waals surface area contributed by atoms with Gasteiger partial charge in [0.1, 0.15) is 0 Å². The van der Waals surface area contributed by atoms with Crippen molar-refractivity contribution in [2.75, 3.05) is 7.05 Å². The molecule has 0 amide bonds. The Hall–Kier alpha value is -0.410. The van der Waals surface area contributed by atoms with Crippen molar-refractivity contribution >= 4 is 11.3 Å². The van der Waals surface area contributed by atoms with Gasteiger partial charge in [0.2, 0.25) is 0 Å². The predicted molar refractivity (Wildman–Crippen MR) is 72.0 cm³/mol. The maximum absolute atomic E-state index is 4.77. The lowest BCUT2D eigenvalue weighted by Gasteiger charge is -2.00. The van der Waals surface area contributed by atoms with Crippen molar-refractivity contribution in [3.05, 3.63) is 15.6 Å². The van der Waals surface area contributed by atoms with Crippen molar-refractivity contribution in [3.63, 3.8) is 0 Å². The van der Waals surface area contributed by atoms with Gasteiger partial charge in [0.05, 0.1) is 10.7 Å². The van der Waals surface area contributed by atoms with E-state index in [2.05, 4.69) is 26.1 Å². The van der Waals surface area contributed by atoms with Gasteiger partial charge in [-0.15, -0.1) is 11.3 Å². The van der Waals surface area contributed by atoms with Crippen molar-refractivity contribution in [2.24, 2.45) is 5.92 Å². The first-order valence-electron chi connectivity index (χ1n) is 6.29. The molecule has 0 fully saturated rings. The third kappa shape index (κ3) is 4.22.